The van der Waals surface area contributed by atoms with Gasteiger partial charge in [-0.1, -0.05) is 0 Å². The molecular weight excluding hydrogens is 246 g/mol. The summed E-state index contributed by atoms with van der Waals surface area (Å²) in [5, 5.41) is 6.03. The fourth-order valence-electron chi connectivity index (χ4n) is 1.26. The van der Waals surface area contributed by atoms with Crippen molar-refractivity contribution in [3.05, 3.63) is 29.8 Å². The highest BCUT2D eigenvalue weighted by Crippen LogP contribution is 2.12. The second-order valence-electron chi connectivity index (χ2n) is 3.58. The van der Waals surface area contributed by atoms with Crippen LogP contribution < -0.4 is 10.6 Å². The minimum atomic E-state index is -0.914. The number of methoxy groups -OCH3 is 1. The summed E-state index contributed by atoms with van der Waals surface area (Å²) in [5.41, 5.74) is 0.394. The first-order valence-corrected chi connectivity index (χ1v) is 5.45. The molecule has 0 aliphatic carbocycles. The molecule has 1 rings (SSSR count). The van der Waals surface area contributed by atoms with Gasteiger partial charge in [-0.05, 0) is 31.3 Å². The van der Waals surface area contributed by atoms with Crippen molar-refractivity contribution in [3.8, 4) is 0 Å². The first-order chi connectivity index (χ1) is 8.02. The molecule has 1 unspecified atom stereocenters. The molecule has 0 spiro atoms. The van der Waals surface area contributed by atoms with Crippen molar-refractivity contribution in [1.29, 1.82) is 0 Å². The summed E-state index contributed by atoms with van der Waals surface area (Å²) < 4.78 is 30.5. The standard InChI is InChI=1S/C11H14F2N2OS/c1-7(6-16-2)14-11(17)15-8-3-4-9(12)10(13)5-8/h3-5,7H,6H2,1-2H3,(H2,14,15,17). The topological polar surface area (TPSA) is 33.3 Å². The van der Waals surface area contributed by atoms with E-state index in [9.17, 15) is 8.78 Å². The van der Waals surface area contributed by atoms with Crippen molar-refractivity contribution in [1.82, 2.24) is 5.32 Å². The van der Waals surface area contributed by atoms with Crippen molar-refractivity contribution < 1.29 is 13.5 Å². The van der Waals surface area contributed by atoms with Crippen molar-refractivity contribution in [2.45, 2.75) is 13.0 Å². The summed E-state index contributed by atoms with van der Waals surface area (Å²) in [6.07, 6.45) is 0. The van der Waals surface area contributed by atoms with Crippen LogP contribution in [0.25, 0.3) is 0 Å². The molecule has 0 aliphatic rings. The van der Waals surface area contributed by atoms with Crippen LogP contribution >= 0.6 is 12.2 Å². The molecule has 0 aliphatic heterocycles. The van der Waals surface area contributed by atoms with Crippen LogP contribution in [-0.4, -0.2) is 24.9 Å². The molecule has 0 saturated carbocycles. The van der Waals surface area contributed by atoms with Gasteiger partial charge in [-0.3, -0.25) is 0 Å². The molecule has 1 aromatic carbocycles. The molecule has 17 heavy (non-hydrogen) atoms. The number of hydrogen-bond acceptors (Lipinski definition) is 2. The minimum absolute atomic E-state index is 0.0327. The third-order valence-corrected chi connectivity index (χ3v) is 2.19. The first kappa shape index (κ1) is 13.8. The van der Waals surface area contributed by atoms with Gasteiger partial charge in [-0.15, -0.1) is 0 Å². The van der Waals surface area contributed by atoms with E-state index >= 15 is 0 Å². The molecule has 0 fully saturated rings. The second-order valence-corrected chi connectivity index (χ2v) is 3.99. The molecule has 2 N–H and O–H groups in total. The number of rotatable bonds is 4. The van der Waals surface area contributed by atoms with E-state index in [1.54, 1.807) is 7.11 Å². The Labute approximate surface area is 104 Å². The quantitative estimate of drug-likeness (QED) is 0.814. The number of halogens is 2. The molecule has 94 valence electrons. The van der Waals surface area contributed by atoms with Gasteiger partial charge in [-0.25, -0.2) is 8.78 Å². The SMILES string of the molecule is COCC(C)NC(=S)Nc1ccc(F)c(F)c1. The zero-order valence-corrected chi connectivity index (χ0v) is 10.4. The molecule has 0 amide bonds. The molecule has 0 bridgehead atoms. The lowest BCUT2D eigenvalue weighted by molar-refractivity contribution is 0.179. The van der Waals surface area contributed by atoms with Gasteiger partial charge in [0, 0.05) is 24.9 Å². The third kappa shape index (κ3) is 4.62. The Hall–Kier alpha value is -1.27. The summed E-state index contributed by atoms with van der Waals surface area (Å²) in [7, 11) is 1.59. The van der Waals surface area contributed by atoms with Gasteiger partial charge in [0.15, 0.2) is 16.7 Å². The lowest BCUT2D eigenvalue weighted by atomic mass is 10.3. The zero-order valence-electron chi connectivity index (χ0n) is 9.59. The predicted octanol–water partition coefficient (Wildman–Crippen LogP) is 2.29. The molecule has 1 atom stereocenters. The summed E-state index contributed by atoms with van der Waals surface area (Å²) in [6, 6.07) is 3.53. The number of hydrogen-bond donors (Lipinski definition) is 2. The van der Waals surface area contributed by atoms with E-state index < -0.39 is 11.6 Å². The van der Waals surface area contributed by atoms with Gasteiger partial charge >= 0.3 is 0 Å². The summed E-state index contributed by atoms with van der Waals surface area (Å²) in [4.78, 5) is 0. The molecule has 3 nitrogen and oxygen atoms in total. The number of benzene rings is 1. The molecule has 0 saturated heterocycles. The molecule has 1 aromatic rings. The summed E-state index contributed by atoms with van der Waals surface area (Å²) >= 11 is 5.01. The predicted molar refractivity (Wildman–Crippen MR) is 67.1 cm³/mol. The van der Waals surface area contributed by atoms with E-state index in [2.05, 4.69) is 10.6 Å². The van der Waals surface area contributed by atoms with E-state index in [-0.39, 0.29) is 6.04 Å². The van der Waals surface area contributed by atoms with Crippen LogP contribution in [0.2, 0.25) is 0 Å². The fraction of sp³-hybridized carbons (Fsp3) is 0.364. The Morgan fingerprint density at radius 1 is 1.41 bits per heavy atom. The van der Waals surface area contributed by atoms with Gasteiger partial charge < -0.3 is 15.4 Å². The number of ether oxygens (including phenoxy) is 1. The van der Waals surface area contributed by atoms with Crippen LogP contribution in [0.1, 0.15) is 6.92 Å². The monoisotopic (exact) mass is 260 g/mol. The molecule has 0 radical (unpaired) electrons. The highest BCUT2D eigenvalue weighted by molar-refractivity contribution is 7.80. The summed E-state index contributed by atoms with van der Waals surface area (Å²) in [6.45, 7) is 2.39. The van der Waals surface area contributed by atoms with Gasteiger partial charge in [-0.2, -0.15) is 0 Å². The van der Waals surface area contributed by atoms with Crippen LogP contribution in [0.5, 0.6) is 0 Å². The Morgan fingerprint density at radius 2 is 2.12 bits per heavy atom. The average Bonchev–Trinajstić information content (AvgIpc) is 2.23. The highest BCUT2D eigenvalue weighted by Gasteiger charge is 2.06. The molecule has 0 aromatic heterocycles. The van der Waals surface area contributed by atoms with E-state index in [1.165, 1.54) is 6.07 Å². The van der Waals surface area contributed by atoms with Crippen molar-refractivity contribution >= 4 is 23.0 Å². The number of anilines is 1. The maximum Gasteiger partial charge on any atom is 0.171 e. The van der Waals surface area contributed by atoms with Crippen LogP contribution in [0.4, 0.5) is 14.5 Å². The van der Waals surface area contributed by atoms with E-state index in [0.717, 1.165) is 12.1 Å². The number of thiocarbonyl (C=S) groups is 1. The van der Waals surface area contributed by atoms with Gasteiger partial charge in [0.25, 0.3) is 0 Å². The lowest BCUT2D eigenvalue weighted by Gasteiger charge is -2.16. The Morgan fingerprint density at radius 3 is 2.71 bits per heavy atom. The third-order valence-electron chi connectivity index (χ3n) is 1.97. The van der Waals surface area contributed by atoms with Crippen LogP contribution in [-0.2, 0) is 4.74 Å². The van der Waals surface area contributed by atoms with E-state index in [4.69, 9.17) is 17.0 Å². The van der Waals surface area contributed by atoms with Crippen molar-refractivity contribution in [2.24, 2.45) is 0 Å². The average molecular weight is 260 g/mol. The van der Waals surface area contributed by atoms with Crippen LogP contribution in [0, 0.1) is 11.6 Å². The first-order valence-electron chi connectivity index (χ1n) is 5.04. The Kier molecular flexibility index (Phi) is 5.24. The Balaban J connectivity index is 2.53. The molecular formula is C11H14F2N2OS. The number of nitrogens with one attached hydrogen (secondary N) is 2. The van der Waals surface area contributed by atoms with Crippen LogP contribution in [0.15, 0.2) is 18.2 Å². The van der Waals surface area contributed by atoms with Crippen LogP contribution in [0.3, 0.4) is 0 Å². The molecule has 0 heterocycles. The van der Waals surface area contributed by atoms with E-state index in [0.29, 0.717) is 17.4 Å². The maximum absolute atomic E-state index is 12.9. The maximum atomic E-state index is 12.9. The zero-order chi connectivity index (χ0) is 12.8. The normalized spacial score (nSPS) is 12.0. The van der Waals surface area contributed by atoms with Crippen molar-refractivity contribution in [3.63, 3.8) is 0 Å². The second kappa shape index (κ2) is 6.46. The minimum Gasteiger partial charge on any atom is -0.383 e. The largest absolute Gasteiger partial charge is 0.383 e. The van der Waals surface area contributed by atoms with Gasteiger partial charge in [0.2, 0.25) is 0 Å². The summed E-state index contributed by atoms with van der Waals surface area (Å²) in [5.74, 6) is -1.80. The van der Waals surface area contributed by atoms with E-state index in [1.807, 2.05) is 6.92 Å². The smallest absolute Gasteiger partial charge is 0.171 e. The molecule has 6 heteroatoms. The lowest BCUT2D eigenvalue weighted by Crippen LogP contribution is -2.38. The fourth-order valence-corrected chi connectivity index (χ4v) is 1.58. The van der Waals surface area contributed by atoms with Gasteiger partial charge in [0.05, 0.1) is 6.61 Å². The van der Waals surface area contributed by atoms with Crippen molar-refractivity contribution in [2.75, 3.05) is 19.0 Å². The highest BCUT2D eigenvalue weighted by atomic mass is 32.1. The van der Waals surface area contributed by atoms with Gasteiger partial charge in [0.1, 0.15) is 0 Å². The Bertz CT molecular complexity index is 401.